The molecule has 0 aliphatic carbocycles. The summed E-state index contributed by atoms with van der Waals surface area (Å²) in [5.74, 6) is -0.213. The van der Waals surface area contributed by atoms with Crippen molar-refractivity contribution >= 4 is 5.78 Å². The predicted molar refractivity (Wildman–Crippen MR) is 54.7 cm³/mol. The van der Waals surface area contributed by atoms with Gasteiger partial charge >= 0.3 is 5.69 Å². The van der Waals surface area contributed by atoms with E-state index in [4.69, 9.17) is 0 Å². The number of aromatic nitrogens is 2. The molecule has 4 nitrogen and oxygen atoms in total. The highest BCUT2D eigenvalue weighted by Crippen LogP contribution is 2.04. The van der Waals surface area contributed by atoms with Crippen LogP contribution in [0.1, 0.15) is 16.1 Å². The minimum Gasteiger partial charge on any atom is -0.302 e. The third-order valence-electron chi connectivity index (χ3n) is 1.96. The van der Waals surface area contributed by atoms with Crippen LogP contribution in [0.2, 0.25) is 0 Å². The number of benzene rings is 1. The van der Waals surface area contributed by atoms with Gasteiger partial charge in [-0.3, -0.25) is 4.79 Å². The van der Waals surface area contributed by atoms with E-state index in [9.17, 15) is 9.59 Å². The number of hydrogen-bond acceptors (Lipinski definition) is 3. The number of nitrogens with one attached hydrogen (secondary N) is 1. The van der Waals surface area contributed by atoms with Gasteiger partial charge in [0.1, 0.15) is 0 Å². The van der Waals surface area contributed by atoms with Gasteiger partial charge in [-0.05, 0) is 6.07 Å². The van der Waals surface area contributed by atoms with Crippen molar-refractivity contribution in [2.75, 3.05) is 0 Å². The maximum absolute atomic E-state index is 11.8. The molecule has 0 bridgehead atoms. The molecule has 15 heavy (non-hydrogen) atoms. The van der Waals surface area contributed by atoms with Crippen molar-refractivity contribution in [3.63, 3.8) is 0 Å². The van der Waals surface area contributed by atoms with Gasteiger partial charge in [0.25, 0.3) is 0 Å². The van der Waals surface area contributed by atoms with E-state index in [2.05, 4.69) is 9.97 Å². The Morgan fingerprint density at radius 1 is 1.13 bits per heavy atom. The first-order chi connectivity index (χ1) is 7.27. The average molecular weight is 200 g/mol. The van der Waals surface area contributed by atoms with Gasteiger partial charge in [-0.25, -0.2) is 9.78 Å². The van der Waals surface area contributed by atoms with Gasteiger partial charge in [-0.1, -0.05) is 30.3 Å². The number of H-pyrrole nitrogens is 1. The normalized spacial score (nSPS) is 9.87. The van der Waals surface area contributed by atoms with Crippen LogP contribution in [0, 0.1) is 0 Å². The second-order valence-electron chi connectivity index (χ2n) is 2.98. The maximum atomic E-state index is 11.8. The van der Waals surface area contributed by atoms with Crippen LogP contribution in [0.3, 0.4) is 0 Å². The van der Waals surface area contributed by atoms with Gasteiger partial charge in [-0.2, -0.15) is 0 Å². The highest BCUT2D eigenvalue weighted by atomic mass is 16.1. The standard InChI is InChI=1S/C11H8N2O2/c14-10(8-4-2-1-3-5-8)9-6-7-12-11(15)13-9/h1-7H,(H,12,13,15). The molecule has 1 heterocycles. The van der Waals surface area contributed by atoms with E-state index in [1.165, 1.54) is 12.3 Å². The fraction of sp³-hybridized carbons (Fsp3) is 0. The van der Waals surface area contributed by atoms with Crippen molar-refractivity contribution in [3.05, 3.63) is 64.3 Å². The zero-order valence-electron chi connectivity index (χ0n) is 7.81. The molecule has 1 aromatic carbocycles. The molecule has 4 heteroatoms. The summed E-state index contributed by atoms with van der Waals surface area (Å²) in [6, 6.07) is 10.2. The molecule has 0 radical (unpaired) electrons. The molecule has 1 aromatic heterocycles. The molecule has 0 unspecified atom stereocenters. The van der Waals surface area contributed by atoms with Crippen molar-refractivity contribution in [1.29, 1.82) is 0 Å². The summed E-state index contributed by atoms with van der Waals surface area (Å²) in [4.78, 5) is 28.5. The second kappa shape index (κ2) is 3.88. The van der Waals surface area contributed by atoms with E-state index in [-0.39, 0.29) is 11.5 Å². The van der Waals surface area contributed by atoms with E-state index in [1.54, 1.807) is 24.3 Å². The molecule has 0 atom stereocenters. The number of carbonyl (C=O) groups is 1. The van der Waals surface area contributed by atoms with Gasteiger partial charge in [0.15, 0.2) is 0 Å². The molecule has 0 amide bonds. The van der Waals surface area contributed by atoms with Crippen LogP contribution in [0.25, 0.3) is 0 Å². The lowest BCUT2D eigenvalue weighted by Crippen LogP contribution is -2.15. The SMILES string of the molecule is O=C(c1ccccc1)c1ccnc(=O)[nH]1. The van der Waals surface area contributed by atoms with Crippen LogP contribution in [-0.4, -0.2) is 15.8 Å². The zero-order valence-corrected chi connectivity index (χ0v) is 7.81. The number of carbonyl (C=O) groups excluding carboxylic acids is 1. The molecule has 0 saturated heterocycles. The Morgan fingerprint density at radius 3 is 2.53 bits per heavy atom. The fourth-order valence-corrected chi connectivity index (χ4v) is 1.25. The summed E-state index contributed by atoms with van der Waals surface area (Å²) in [6.07, 6.45) is 1.31. The van der Waals surface area contributed by atoms with Crippen molar-refractivity contribution < 1.29 is 4.79 Å². The Hall–Kier alpha value is -2.23. The summed E-state index contributed by atoms with van der Waals surface area (Å²) < 4.78 is 0. The summed E-state index contributed by atoms with van der Waals surface area (Å²) in [5.41, 5.74) is 0.275. The number of nitrogens with zero attached hydrogens (tertiary/aromatic N) is 1. The molecule has 2 aromatic rings. The Morgan fingerprint density at radius 2 is 1.87 bits per heavy atom. The summed E-state index contributed by atoms with van der Waals surface area (Å²) in [6.45, 7) is 0. The van der Waals surface area contributed by atoms with Crippen molar-refractivity contribution in [2.45, 2.75) is 0 Å². The van der Waals surface area contributed by atoms with Crippen LogP contribution >= 0.6 is 0 Å². The number of rotatable bonds is 2. The third-order valence-corrected chi connectivity index (χ3v) is 1.96. The molecule has 0 fully saturated rings. The van der Waals surface area contributed by atoms with Gasteiger partial charge in [-0.15, -0.1) is 0 Å². The molecule has 0 spiro atoms. The summed E-state index contributed by atoms with van der Waals surface area (Å²) >= 11 is 0. The third kappa shape index (κ3) is 1.99. The zero-order chi connectivity index (χ0) is 10.7. The minimum atomic E-state index is -0.517. The monoisotopic (exact) mass is 200 g/mol. The number of hydrogen-bond donors (Lipinski definition) is 1. The molecule has 74 valence electrons. The lowest BCUT2D eigenvalue weighted by molar-refractivity contribution is 0.103. The smallest absolute Gasteiger partial charge is 0.302 e. The number of aromatic amines is 1. The van der Waals surface area contributed by atoms with Gasteiger partial charge in [0.05, 0.1) is 5.69 Å². The largest absolute Gasteiger partial charge is 0.345 e. The highest BCUT2D eigenvalue weighted by Gasteiger charge is 2.08. The van der Waals surface area contributed by atoms with E-state index in [0.29, 0.717) is 5.56 Å². The van der Waals surface area contributed by atoms with E-state index >= 15 is 0 Å². The van der Waals surface area contributed by atoms with Crippen molar-refractivity contribution in [2.24, 2.45) is 0 Å². The van der Waals surface area contributed by atoms with E-state index in [0.717, 1.165) is 0 Å². The molecular formula is C11H8N2O2. The highest BCUT2D eigenvalue weighted by molar-refractivity contribution is 6.07. The molecule has 0 saturated carbocycles. The van der Waals surface area contributed by atoms with Crippen molar-refractivity contribution in [3.8, 4) is 0 Å². The molecular weight excluding hydrogens is 192 g/mol. The molecule has 1 N–H and O–H groups in total. The first-order valence-electron chi connectivity index (χ1n) is 4.42. The second-order valence-corrected chi connectivity index (χ2v) is 2.98. The summed E-state index contributed by atoms with van der Waals surface area (Å²) in [7, 11) is 0. The molecule has 0 aliphatic rings. The maximum Gasteiger partial charge on any atom is 0.345 e. The summed E-state index contributed by atoms with van der Waals surface area (Å²) in [5, 5.41) is 0. The van der Waals surface area contributed by atoms with Crippen molar-refractivity contribution in [1.82, 2.24) is 9.97 Å². The van der Waals surface area contributed by atoms with E-state index in [1.807, 2.05) is 6.07 Å². The van der Waals surface area contributed by atoms with Gasteiger partial charge < -0.3 is 4.98 Å². The Kier molecular flexibility index (Phi) is 2.41. The van der Waals surface area contributed by atoms with Crippen LogP contribution in [0.4, 0.5) is 0 Å². The Balaban J connectivity index is 2.42. The quantitative estimate of drug-likeness (QED) is 0.735. The topological polar surface area (TPSA) is 62.8 Å². The number of ketones is 1. The molecule has 2 rings (SSSR count). The van der Waals surface area contributed by atoms with E-state index < -0.39 is 5.69 Å². The average Bonchev–Trinajstić information content (AvgIpc) is 2.29. The van der Waals surface area contributed by atoms with Crippen LogP contribution in [-0.2, 0) is 0 Å². The lowest BCUT2D eigenvalue weighted by Gasteiger charge is -1.99. The first kappa shape index (κ1) is 9.33. The molecule has 0 aliphatic heterocycles. The van der Waals surface area contributed by atoms with Crippen LogP contribution < -0.4 is 5.69 Å². The Labute approximate surface area is 85.6 Å². The first-order valence-corrected chi connectivity index (χ1v) is 4.42. The van der Waals surface area contributed by atoms with Gasteiger partial charge in [0.2, 0.25) is 5.78 Å². The minimum absolute atomic E-state index is 0.213. The van der Waals surface area contributed by atoms with Crippen LogP contribution in [0.15, 0.2) is 47.4 Å². The lowest BCUT2D eigenvalue weighted by atomic mass is 10.1. The predicted octanol–water partition coefficient (Wildman–Crippen LogP) is 1.00. The Bertz CT molecular complexity index is 532. The van der Waals surface area contributed by atoms with Gasteiger partial charge in [0, 0.05) is 11.8 Å². The van der Waals surface area contributed by atoms with Crippen LogP contribution in [0.5, 0.6) is 0 Å². The fourth-order valence-electron chi connectivity index (χ4n) is 1.25.